The molecule has 1 fully saturated rings. The number of hydrogen-bond acceptors (Lipinski definition) is 3. The molecule has 6 heteroatoms. The van der Waals surface area contributed by atoms with Crippen molar-refractivity contribution >= 4 is 5.97 Å². The number of ether oxygens (including phenoxy) is 1. The van der Waals surface area contributed by atoms with Crippen LogP contribution in [0.25, 0.3) is 0 Å². The van der Waals surface area contributed by atoms with Gasteiger partial charge in [-0.3, -0.25) is 9.69 Å². The van der Waals surface area contributed by atoms with Gasteiger partial charge >= 0.3 is 12.1 Å². The first kappa shape index (κ1) is 21.3. The second-order valence-corrected chi connectivity index (χ2v) is 7.39. The lowest BCUT2D eigenvalue weighted by Gasteiger charge is -2.37. The first-order valence-electron chi connectivity index (χ1n) is 9.09. The quantitative estimate of drug-likeness (QED) is 0.632. The molecule has 0 heterocycles. The Bertz CT molecular complexity index is 394. The molecule has 0 amide bonds. The average Bonchev–Trinajstić information content (AvgIpc) is 2.49. The van der Waals surface area contributed by atoms with Crippen molar-refractivity contribution in [1.29, 1.82) is 0 Å². The lowest BCUT2D eigenvalue weighted by Crippen LogP contribution is -2.46. The summed E-state index contributed by atoms with van der Waals surface area (Å²) in [6.45, 7) is 10.4. The number of nitrogens with zero attached hydrogens (tertiary/aromatic N) is 1. The van der Waals surface area contributed by atoms with Crippen molar-refractivity contribution in [2.75, 3.05) is 19.6 Å². The van der Waals surface area contributed by atoms with E-state index in [1.165, 1.54) is 0 Å². The third-order valence-corrected chi connectivity index (χ3v) is 5.27. The number of rotatable bonds is 7. The summed E-state index contributed by atoms with van der Waals surface area (Å²) >= 11 is 0. The van der Waals surface area contributed by atoms with Crippen molar-refractivity contribution in [3.63, 3.8) is 0 Å². The standard InChI is InChI=1S/C18H32F3NO2/c1-6-22(7-2)11-16(18(19,20)21)24-17(23)15-10-13(5)8-9-14(15)12(3)4/h12-16H,6-11H2,1-5H3/t13?,14?,15?,16-/m0/s1. The Labute approximate surface area is 143 Å². The van der Waals surface area contributed by atoms with Crippen molar-refractivity contribution < 1.29 is 22.7 Å². The molecule has 0 radical (unpaired) electrons. The minimum Gasteiger partial charge on any atom is -0.451 e. The largest absolute Gasteiger partial charge is 0.451 e. The highest BCUT2D eigenvalue weighted by atomic mass is 19.4. The van der Waals surface area contributed by atoms with E-state index in [0.717, 1.165) is 12.8 Å². The van der Waals surface area contributed by atoms with Gasteiger partial charge in [0, 0.05) is 6.54 Å². The number of halogens is 3. The lowest BCUT2D eigenvalue weighted by molar-refractivity contribution is -0.228. The summed E-state index contributed by atoms with van der Waals surface area (Å²) < 4.78 is 44.9. The molecule has 0 aromatic rings. The second kappa shape index (κ2) is 9.07. The maximum absolute atomic E-state index is 13.3. The molecular formula is C18H32F3NO2. The number of carbonyl (C=O) groups excluding carboxylic acids is 1. The van der Waals surface area contributed by atoms with E-state index in [2.05, 4.69) is 0 Å². The van der Waals surface area contributed by atoms with Crippen LogP contribution in [0, 0.1) is 23.7 Å². The lowest BCUT2D eigenvalue weighted by atomic mass is 9.70. The van der Waals surface area contributed by atoms with Gasteiger partial charge in [0.1, 0.15) is 0 Å². The minimum absolute atomic E-state index is 0.107. The van der Waals surface area contributed by atoms with E-state index >= 15 is 0 Å². The van der Waals surface area contributed by atoms with Gasteiger partial charge in [-0.1, -0.05) is 41.0 Å². The third-order valence-electron chi connectivity index (χ3n) is 5.27. The van der Waals surface area contributed by atoms with Crippen molar-refractivity contribution in [2.24, 2.45) is 23.7 Å². The first-order valence-corrected chi connectivity index (χ1v) is 9.09. The summed E-state index contributed by atoms with van der Waals surface area (Å²) in [6.07, 6.45) is -4.06. The fourth-order valence-electron chi connectivity index (χ4n) is 3.62. The van der Waals surface area contributed by atoms with Crippen molar-refractivity contribution in [3.8, 4) is 0 Å². The fraction of sp³-hybridized carbons (Fsp3) is 0.944. The second-order valence-electron chi connectivity index (χ2n) is 7.39. The number of esters is 1. The molecule has 0 aromatic heterocycles. The fourth-order valence-corrected chi connectivity index (χ4v) is 3.62. The molecular weight excluding hydrogens is 319 g/mol. The van der Waals surface area contributed by atoms with Crippen molar-refractivity contribution in [2.45, 2.75) is 66.2 Å². The van der Waals surface area contributed by atoms with Gasteiger partial charge in [-0.25, -0.2) is 0 Å². The van der Waals surface area contributed by atoms with Crippen LogP contribution in [0.5, 0.6) is 0 Å². The van der Waals surface area contributed by atoms with Gasteiger partial charge in [0.2, 0.25) is 6.10 Å². The zero-order chi connectivity index (χ0) is 18.5. The Balaban J connectivity index is 2.85. The molecule has 142 valence electrons. The highest BCUT2D eigenvalue weighted by Crippen LogP contribution is 2.39. The molecule has 0 spiro atoms. The number of alkyl halides is 3. The predicted molar refractivity (Wildman–Crippen MR) is 88.6 cm³/mol. The van der Waals surface area contributed by atoms with Crippen LogP contribution in [0.2, 0.25) is 0 Å². The Kier molecular flexibility index (Phi) is 8.03. The molecule has 4 atom stereocenters. The van der Waals surface area contributed by atoms with E-state index in [0.29, 0.717) is 25.4 Å². The summed E-state index contributed by atoms with van der Waals surface area (Å²) in [4.78, 5) is 14.2. The van der Waals surface area contributed by atoms with Gasteiger partial charge in [-0.2, -0.15) is 13.2 Å². The van der Waals surface area contributed by atoms with E-state index in [-0.39, 0.29) is 18.4 Å². The molecule has 3 unspecified atom stereocenters. The van der Waals surface area contributed by atoms with Crippen LogP contribution >= 0.6 is 0 Å². The van der Waals surface area contributed by atoms with Crippen LogP contribution in [-0.4, -0.2) is 42.8 Å². The van der Waals surface area contributed by atoms with Crippen molar-refractivity contribution in [1.82, 2.24) is 4.90 Å². The summed E-state index contributed by atoms with van der Waals surface area (Å²) in [5.74, 6) is -0.368. The third kappa shape index (κ3) is 5.94. The predicted octanol–water partition coefficient (Wildman–Crippen LogP) is 4.51. The molecule has 0 saturated heterocycles. The molecule has 1 aliphatic carbocycles. The number of carbonyl (C=O) groups is 1. The SMILES string of the molecule is CCN(CC)C[C@H](OC(=O)C1CC(C)CCC1C(C)C)C(F)(F)F. The van der Waals surface area contributed by atoms with Gasteiger partial charge in [-0.15, -0.1) is 0 Å². The molecule has 3 nitrogen and oxygen atoms in total. The van der Waals surface area contributed by atoms with Gasteiger partial charge in [0.05, 0.1) is 5.92 Å². The maximum atomic E-state index is 13.3. The van der Waals surface area contributed by atoms with E-state index in [4.69, 9.17) is 4.74 Å². The maximum Gasteiger partial charge on any atom is 0.426 e. The molecule has 1 saturated carbocycles. The van der Waals surface area contributed by atoms with Crippen LogP contribution in [0.4, 0.5) is 13.2 Å². The topological polar surface area (TPSA) is 29.5 Å². The van der Waals surface area contributed by atoms with E-state index in [1.807, 2.05) is 20.8 Å². The zero-order valence-corrected chi connectivity index (χ0v) is 15.5. The van der Waals surface area contributed by atoms with E-state index < -0.39 is 24.2 Å². The summed E-state index contributed by atoms with van der Waals surface area (Å²) in [6, 6.07) is 0. The Hall–Kier alpha value is -0.780. The minimum atomic E-state index is -4.54. The smallest absolute Gasteiger partial charge is 0.426 e. The Morgan fingerprint density at radius 3 is 2.25 bits per heavy atom. The van der Waals surface area contributed by atoms with Crippen molar-refractivity contribution in [3.05, 3.63) is 0 Å². The number of hydrogen-bond donors (Lipinski definition) is 0. The summed E-state index contributed by atoms with van der Waals surface area (Å²) in [7, 11) is 0. The molecule has 0 aromatic carbocycles. The van der Waals surface area contributed by atoms with E-state index in [1.54, 1.807) is 18.7 Å². The van der Waals surface area contributed by atoms with E-state index in [9.17, 15) is 18.0 Å². The monoisotopic (exact) mass is 351 g/mol. The summed E-state index contributed by atoms with van der Waals surface area (Å²) in [5.41, 5.74) is 0. The molecule has 1 rings (SSSR count). The molecule has 1 aliphatic rings. The number of likely N-dealkylation sites (N-methyl/N-ethyl adjacent to an activating group) is 1. The van der Waals surface area contributed by atoms with Crippen LogP contribution in [0.1, 0.15) is 53.9 Å². The first-order chi connectivity index (χ1) is 11.1. The molecule has 0 aliphatic heterocycles. The van der Waals surface area contributed by atoms with Gasteiger partial charge in [0.15, 0.2) is 0 Å². The Morgan fingerprint density at radius 1 is 1.21 bits per heavy atom. The van der Waals surface area contributed by atoms with Gasteiger partial charge < -0.3 is 4.74 Å². The van der Waals surface area contributed by atoms with Gasteiger partial charge in [0.25, 0.3) is 0 Å². The summed E-state index contributed by atoms with van der Waals surface area (Å²) in [5, 5.41) is 0. The highest BCUT2D eigenvalue weighted by Gasteiger charge is 2.46. The molecule has 0 N–H and O–H groups in total. The molecule has 0 bridgehead atoms. The van der Waals surface area contributed by atoms with Crippen LogP contribution in [0.3, 0.4) is 0 Å². The zero-order valence-electron chi connectivity index (χ0n) is 15.5. The average molecular weight is 351 g/mol. The van der Waals surface area contributed by atoms with Crippen LogP contribution in [0.15, 0.2) is 0 Å². The molecule has 24 heavy (non-hydrogen) atoms. The Morgan fingerprint density at radius 2 is 1.79 bits per heavy atom. The van der Waals surface area contributed by atoms with Crippen LogP contribution in [-0.2, 0) is 9.53 Å². The van der Waals surface area contributed by atoms with Gasteiger partial charge in [-0.05, 0) is 43.7 Å². The normalized spacial score (nSPS) is 26.7. The van der Waals surface area contributed by atoms with Crippen LogP contribution < -0.4 is 0 Å². The highest BCUT2D eigenvalue weighted by molar-refractivity contribution is 5.73.